The summed E-state index contributed by atoms with van der Waals surface area (Å²) >= 11 is 6.09. The molecule has 0 saturated heterocycles. The maximum atomic E-state index is 11.5. The van der Waals surface area contributed by atoms with Gasteiger partial charge in [-0.1, -0.05) is 29.8 Å². The topological polar surface area (TPSA) is 89.0 Å². The summed E-state index contributed by atoms with van der Waals surface area (Å²) in [5.74, 6) is -0.941. The first kappa shape index (κ1) is 20.4. The smallest absolute Gasteiger partial charge is 0.329 e. The number of benzene rings is 2. The van der Waals surface area contributed by atoms with E-state index in [1.807, 2.05) is 24.3 Å². The molecule has 8 heteroatoms. The molecule has 0 bridgehead atoms. The van der Waals surface area contributed by atoms with E-state index in [4.69, 9.17) is 21.1 Å². The Hall–Kier alpha value is -2.90. The van der Waals surface area contributed by atoms with Gasteiger partial charge in [0.25, 0.3) is 0 Å². The quantitative estimate of drug-likeness (QED) is 0.313. The fourth-order valence-electron chi connectivity index (χ4n) is 1.99. The Morgan fingerprint density at radius 2 is 1.85 bits per heavy atom. The minimum atomic E-state index is -0.845. The Morgan fingerprint density at radius 1 is 1.11 bits per heavy atom. The monoisotopic (exact) mass is 389 g/mol. The lowest BCUT2D eigenvalue weighted by Gasteiger charge is -2.07. The van der Waals surface area contributed by atoms with Crippen LogP contribution in [0.1, 0.15) is 11.1 Å². The number of nitrogens with one attached hydrogen (secondary N) is 2. The van der Waals surface area contributed by atoms with E-state index < -0.39 is 11.8 Å². The molecule has 0 aromatic heterocycles. The number of halogens is 1. The van der Waals surface area contributed by atoms with Gasteiger partial charge < -0.3 is 14.8 Å². The van der Waals surface area contributed by atoms with E-state index in [-0.39, 0.29) is 6.54 Å². The highest BCUT2D eigenvalue weighted by molar-refractivity contribution is 6.35. The van der Waals surface area contributed by atoms with Crippen molar-refractivity contribution in [3.05, 3.63) is 64.7 Å². The molecule has 7 nitrogen and oxygen atoms in total. The van der Waals surface area contributed by atoms with E-state index in [0.29, 0.717) is 24.0 Å². The minimum Gasteiger partial charge on any atom is -0.489 e. The largest absolute Gasteiger partial charge is 0.489 e. The first-order chi connectivity index (χ1) is 13.1. The zero-order valence-corrected chi connectivity index (χ0v) is 15.5. The molecule has 0 heterocycles. The molecule has 2 aromatic carbocycles. The summed E-state index contributed by atoms with van der Waals surface area (Å²) in [6, 6.07) is 14.6. The lowest BCUT2D eigenvalue weighted by atomic mass is 10.2. The van der Waals surface area contributed by atoms with E-state index in [9.17, 15) is 9.59 Å². The lowest BCUT2D eigenvalue weighted by Crippen LogP contribution is -2.39. The number of nitrogens with zero attached hydrogens (tertiary/aromatic N) is 1. The van der Waals surface area contributed by atoms with Crippen molar-refractivity contribution in [3.8, 4) is 5.75 Å². The minimum absolute atomic E-state index is 0.252. The van der Waals surface area contributed by atoms with Crippen molar-refractivity contribution in [2.75, 3.05) is 20.3 Å². The van der Waals surface area contributed by atoms with Gasteiger partial charge in [-0.25, -0.2) is 5.43 Å². The number of hydrogen-bond acceptors (Lipinski definition) is 5. The molecule has 2 rings (SSSR count). The van der Waals surface area contributed by atoms with E-state index in [1.165, 1.54) is 13.3 Å². The maximum absolute atomic E-state index is 11.5. The van der Waals surface area contributed by atoms with Gasteiger partial charge in [0.15, 0.2) is 0 Å². The normalized spacial score (nSPS) is 10.6. The van der Waals surface area contributed by atoms with Crippen molar-refractivity contribution >= 4 is 29.6 Å². The second kappa shape index (κ2) is 10.9. The number of carbonyl (C=O) groups is 2. The van der Waals surface area contributed by atoms with Crippen molar-refractivity contribution in [1.29, 1.82) is 0 Å². The fourth-order valence-corrected chi connectivity index (χ4v) is 2.18. The molecular weight excluding hydrogens is 370 g/mol. The van der Waals surface area contributed by atoms with Crippen LogP contribution in [-0.2, 0) is 20.9 Å². The standard InChI is InChI=1S/C19H20ClN3O4/c1-26-11-10-21-18(24)19(25)23-22-12-14-6-8-16(9-7-14)27-13-15-4-2-3-5-17(15)20/h2-9,12H,10-11,13H2,1H3,(H,21,24)(H,23,25)/b22-12-. The molecule has 2 amide bonds. The summed E-state index contributed by atoms with van der Waals surface area (Å²) < 4.78 is 10.5. The summed E-state index contributed by atoms with van der Waals surface area (Å²) in [6.07, 6.45) is 1.43. The van der Waals surface area contributed by atoms with Crippen LogP contribution in [0.4, 0.5) is 0 Å². The summed E-state index contributed by atoms with van der Waals surface area (Å²) in [5.41, 5.74) is 3.79. The molecule has 0 aliphatic rings. The highest BCUT2D eigenvalue weighted by atomic mass is 35.5. The summed E-state index contributed by atoms with van der Waals surface area (Å²) in [5, 5.41) is 6.80. The Labute approximate surface area is 162 Å². The first-order valence-electron chi connectivity index (χ1n) is 8.16. The molecule has 0 atom stereocenters. The van der Waals surface area contributed by atoms with Gasteiger partial charge in [0.05, 0.1) is 12.8 Å². The molecule has 27 heavy (non-hydrogen) atoms. The predicted octanol–water partition coefficient (Wildman–Crippen LogP) is 2.13. The number of hydrogen-bond donors (Lipinski definition) is 2. The molecular formula is C19H20ClN3O4. The van der Waals surface area contributed by atoms with E-state index in [2.05, 4.69) is 15.8 Å². The Balaban J connectivity index is 1.79. The number of methoxy groups -OCH3 is 1. The Bertz CT molecular complexity index is 794. The number of rotatable bonds is 8. The average molecular weight is 390 g/mol. The molecule has 0 aliphatic heterocycles. The highest BCUT2D eigenvalue weighted by Crippen LogP contribution is 2.18. The summed E-state index contributed by atoms with van der Waals surface area (Å²) in [7, 11) is 1.50. The summed E-state index contributed by atoms with van der Waals surface area (Å²) in [6.45, 7) is 0.941. The van der Waals surface area contributed by atoms with Gasteiger partial charge in [-0.3, -0.25) is 9.59 Å². The number of amides is 2. The third-order valence-electron chi connectivity index (χ3n) is 3.41. The van der Waals surface area contributed by atoms with Gasteiger partial charge in [0.1, 0.15) is 12.4 Å². The van der Waals surface area contributed by atoms with E-state index >= 15 is 0 Å². The highest BCUT2D eigenvalue weighted by Gasteiger charge is 2.11. The zero-order valence-electron chi connectivity index (χ0n) is 14.8. The molecule has 0 fully saturated rings. The van der Waals surface area contributed by atoms with Gasteiger partial charge in [0.2, 0.25) is 0 Å². The molecule has 2 aromatic rings. The van der Waals surface area contributed by atoms with E-state index in [0.717, 1.165) is 11.1 Å². The van der Waals surface area contributed by atoms with Crippen LogP contribution in [0.3, 0.4) is 0 Å². The van der Waals surface area contributed by atoms with Crippen molar-refractivity contribution < 1.29 is 19.1 Å². The van der Waals surface area contributed by atoms with Crippen molar-refractivity contribution in [2.24, 2.45) is 5.10 Å². The second-order valence-corrected chi connectivity index (χ2v) is 5.80. The van der Waals surface area contributed by atoms with Gasteiger partial charge in [0, 0.05) is 24.2 Å². The molecule has 0 saturated carbocycles. The van der Waals surface area contributed by atoms with Crippen LogP contribution >= 0.6 is 11.6 Å². The fraction of sp³-hybridized carbons (Fsp3) is 0.211. The van der Waals surface area contributed by atoms with Crippen LogP contribution in [0.25, 0.3) is 0 Å². The number of ether oxygens (including phenoxy) is 2. The average Bonchev–Trinajstić information content (AvgIpc) is 2.68. The van der Waals surface area contributed by atoms with Crippen molar-refractivity contribution in [3.63, 3.8) is 0 Å². The van der Waals surface area contributed by atoms with Crippen LogP contribution in [0.2, 0.25) is 5.02 Å². The number of carbonyl (C=O) groups excluding carboxylic acids is 2. The SMILES string of the molecule is COCCNC(=O)C(=O)N/N=C\c1ccc(OCc2ccccc2Cl)cc1. The molecule has 2 N–H and O–H groups in total. The molecule has 0 radical (unpaired) electrons. The third-order valence-corrected chi connectivity index (χ3v) is 3.78. The molecule has 0 aliphatic carbocycles. The molecule has 0 spiro atoms. The number of hydrazone groups is 1. The molecule has 0 unspecified atom stereocenters. The summed E-state index contributed by atoms with van der Waals surface area (Å²) in [4.78, 5) is 23.0. The second-order valence-electron chi connectivity index (χ2n) is 5.40. The van der Waals surface area contributed by atoms with Gasteiger partial charge in [-0.15, -0.1) is 0 Å². The van der Waals surface area contributed by atoms with Crippen LogP contribution in [0, 0.1) is 0 Å². The van der Waals surface area contributed by atoms with Gasteiger partial charge in [-0.05, 0) is 35.9 Å². The van der Waals surface area contributed by atoms with Crippen molar-refractivity contribution in [1.82, 2.24) is 10.7 Å². The van der Waals surface area contributed by atoms with Crippen LogP contribution in [0.5, 0.6) is 5.75 Å². The van der Waals surface area contributed by atoms with Gasteiger partial charge in [-0.2, -0.15) is 5.10 Å². The Kier molecular flexibility index (Phi) is 8.28. The van der Waals surface area contributed by atoms with E-state index in [1.54, 1.807) is 24.3 Å². The Morgan fingerprint density at radius 3 is 2.56 bits per heavy atom. The zero-order chi connectivity index (χ0) is 19.5. The predicted molar refractivity (Wildman–Crippen MR) is 103 cm³/mol. The van der Waals surface area contributed by atoms with Crippen LogP contribution in [0.15, 0.2) is 53.6 Å². The maximum Gasteiger partial charge on any atom is 0.329 e. The van der Waals surface area contributed by atoms with Crippen LogP contribution < -0.4 is 15.5 Å². The third kappa shape index (κ3) is 7.08. The first-order valence-corrected chi connectivity index (χ1v) is 8.54. The van der Waals surface area contributed by atoms with Crippen LogP contribution in [-0.4, -0.2) is 38.3 Å². The lowest BCUT2D eigenvalue weighted by molar-refractivity contribution is -0.139. The van der Waals surface area contributed by atoms with Crippen molar-refractivity contribution in [2.45, 2.75) is 6.61 Å². The van der Waals surface area contributed by atoms with Gasteiger partial charge >= 0.3 is 11.8 Å². The molecule has 142 valence electrons.